The molecule has 0 spiro atoms. The lowest BCUT2D eigenvalue weighted by Gasteiger charge is -2.13. The monoisotopic (exact) mass is 401 g/mol. The predicted octanol–water partition coefficient (Wildman–Crippen LogP) is 3.28. The summed E-state index contributed by atoms with van der Waals surface area (Å²) in [7, 11) is 0. The Morgan fingerprint density at radius 1 is 1.29 bits per heavy atom. The van der Waals surface area contributed by atoms with Gasteiger partial charge in [0, 0.05) is 36.1 Å². The molecule has 0 aliphatic carbocycles. The van der Waals surface area contributed by atoms with E-state index in [0.29, 0.717) is 18.0 Å². The van der Waals surface area contributed by atoms with Crippen LogP contribution in [0.4, 0.5) is 11.4 Å². The summed E-state index contributed by atoms with van der Waals surface area (Å²) >= 11 is 5.15. The molecule has 1 heterocycles. The third-order valence-electron chi connectivity index (χ3n) is 4.10. The zero-order valence-electron chi connectivity index (χ0n) is 14.9. The molecule has 1 atom stereocenters. The Balaban J connectivity index is 1.55. The molecule has 0 radical (unpaired) electrons. The summed E-state index contributed by atoms with van der Waals surface area (Å²) in [5, 5.41) is 16.3. The first-order valence-electron chi connectivity index (χ1n) is 8.72. The van der Waals surface area contributed by atoms with Gasteiger partial charge in [-0.2, -0.15) is 0 Å². The Morgan fingerprint density at radius 2 is 2.11 bits per heavy atom. The minimum absolute atomic E-state index is 0.0767. The van der Waals surface area contributed by atoms with Crippen LogP contribution in [0, 0.1) is 10.1 Å². The third kappa shape index (κ3) is 5.48. The van der Waals surface area contributed by atoms with Crippen LogP contribution in [0.1, 0.15) is 23.2 Å². The lowest BCUT2D eigenvalue weighted by Crippen LogP contribution is -2.34. The van der Waals surface area contributed by atoms with E-state index < -0.39 is 10.8 Å². The fourth-order valence-corrected chi connectivity index (χ4v) is 2.94. The molecule has 0 bridgehead atoms. The number of hydrogen-bond donors (Lipinski definition) is 2. The quantitative estimate of drug-likeness (QED) is 0.435. The lowest BCUT2D eigenvalue weighted by atomic mass is 10.2. The summed E-state index contributed by atoms with van der Waals surface area (Å²) < 4.78 is 11.3. The van der Waals surface area contributed by atoms with Gasteiger partial charge in [-0.15, -0.1) is 0 Å². The molecule has 3 rings (SSSR count). The highest BCUT2D eigenvalue weighted by atomic mass is 32.1. The number of nitro groups is 1. The third-order valence-corrected chi connectivity index (χ3v) is 4.30. The van der Waals surface area contributed by atoms with Gasteiger partial charge in [-0.1, -0.05) is 12.1 Å². The first kappa shape index (κ1) is 19.7. The van der Waals surface area contributed by atoms with E-state index in [0.717, 1.165) is 19.4 Å². The van der Waals surface area contributed by atoms with Crippen LogP contribution < -0.4 is 15.4 Å². The van der Waals surface area contributed by atoms with Crippen LogP contribution in [0.3, 0.4) is 0 Å². The number of nitro benzene ring substituents is 1. The SMILES string of the molecule is O=C(NC(=S)Nc1cccc(OCC2CCCO2)c1)c1cccc([N+](=O)[O-])c1. The Bertz CT molecular complexity index is 883. The van der Waals surface area contributed by atoms with E-state index in [4.69, 9.17) is 21.7 Å². The molecular weight excluding hydrogens is 382 g/mol. The summed E-state index contributed by atoms with van der Waals surface area (Å²) in [5.41, 5.74) is 0.629. The van der Waals surface area contributed by atoms with Crippen LogP contribution >= 0.6 is 12.2 Å². The van der Waals surface area contributed by atoms with Gasteiger partial charge in [0.2, 0.25) is 0 Å². The number of ether oxygens (including phenoxy) is 2. The van der Waals surface area contributed by atoms with E-state index in [-0.39, 0.29) is 22.5 Å². The molecule has 2 aromatic carbocycles. The first-order chi connectivity index (χ1) is 13.5. The van der Waals surface area contributed by atoms with E-state index in [1.807, 2.05) is 6.07 Å². The largest absolute Gasteiger partial charge is 0.491 e. The van der Waals surface area contributed by atoms with E-state index in [1.165, 1.54) is 24.3 Å². The minimum Gasteiger partial charge on any atom is -0.491 e. The Morgan fingerprint density at radius 3 is 2.86 bits per heavy atom. The van der Waals surface area contributed by atoms with Crippen molar-refractivity contribution in [1.29, 1.82) is 0 Å². The van der Waals surface area contributed by atoms with Crippen LogP contribution in [0.15, 0.2) is 48.5 Å². The minimum atomic E-state index is -0.560. The molecule has 1 unspecified atom stereocenters. The Hall–Kier alpha value is -3.04. The van der Waals surface area contributed by atoms with E-state index in [1.54, 1.807) is 18.2 Å². The number of nitrogens with zero attached hydrogens (tertiary/aromatic N) is 1. The van der Waals surface area contributed by atoms with Crippen molar-refractivity contribution in [3.8, 4) is 5.75 Å². The summed E-state index contributed by atoms with van der Waals surface area (Å²) in [6, 6.07) is 12.6. The number of amides is 1. The number of carbonyl (C=O) groups is 1. The molecule has 1 amide bonds. The fraction of sp³-hybridized carbons (Fsp3) is 0.263. The van der Waals surface area contributed by atoms with Gasteiger partial charge in [0.05, 0.1) is 11.0 Å². The number of benzene rings is 2. The topological polar surface area (TPSA) is 103 Å². The number of nitrogens with one attached hydrogen (secondary N) is 2. The standard InChI is InChI=1S/C19H19N3O5S/c23-18(13-4-1-6-15(10-13)22(24)25)21-19(28)20-14-5-2-7-16(11-14)27-12-17-8-3-9-26-17/h1-2,4-7,10-11,17H,3,8-9,12H2,(H2,20,21,23,28). The first-order valence-corrected chi connectivity index (χ1v) is 9.13. The van der Waals surface area contributed by atoms with Gasteiger partial charge in [0.25, 0.3) is 11.6 Å². The predicted molar refractivity (Wildman–Crippen MR) is 108 cm³/mol. The maximum atomic E-state index is 12.2. The number of thiocarbonyl (C=S) groups is 1. The number of hydrogen-bond acceptors (Lipinski definition) is 6. The molecule has 0 saturated carbocycles. The summed E-state index contributed by atoms with van der Waals surface area (Å²) in [6.45, 7) is 1.26. The average Bonchev–Trinajstić information content (AvgIpc) is 3.20. The van der Waals surface area contributed by atoms with Crippen molar-refractivity contribution >= 4 is 34.6 Å². The average molecular weight is 401 g/mol. The van der Waals surface area contributed by atoms with Crippen molar-refractivity contribution in [1.82, 2.24) is 5.32 Å². The normalized spacial score (nSPS) is 15.6. The zero-order chi connectivity index (χ0) is 19.9. The second-order valence-electron chi connectivity index (χ2n) is 6.19. The fourth-order valence-electron chi connectivity index (χ4n) is 2.73. The van der Waals surface area contributed by atoms with Crippen LogP contribution in [-0.2, 0) is 4.74 Å². The van der Waals surface area contributed by atoms with Crippen molar-refractivity contribution in [2.45, 2.75) is 18.9 Å². The Kier molecular flexibility index (Phi) is 6.51. The van der Waals surface area contributed by atoms with E-state index >= 15 is 0 Å². The highest BCUT2D eigenvalue weighted by Crippen LogP contribution is 2.20. The molecule has 28 heavy (non-hydrogen) atoms. The van der Waals surface area contributed by atoms with Crippen LogP contribution in [0.2, 0.25) is 0 Å². The zero-order valence-corrected chi connectivity index (χ0v) is 15.7. The molecule has 0 aromatic heterocycles. The second-order valence-corrected chi connectivity index (χ2v) is 6.60. The number of carbonyl (C=O) groups excluding carboxylic acids is 1. The molecule has 2 N–H and O–H groups in total. The molecule has 146 valence electrons. The van der Waals surface area contributed by atoms with Crippen LogP contribution in [0.25, 0.3) is 0 Å². The molecule has 1 fully saturated rings. The van der Waals surface area contributed by atoms with Gasteiger partial charge in [0.15, 0.2) is 5.11 Å². The molecule has 8 nitrogen and oxygen atoms in total. The number of non-ortho nitro benzene ring substituents is 1. The summed E-state index contributed by atoms with van der Waals surface area (Å²) in [5.74, 6) is 0.125. The summed E-state index contributed by atoms with van der Waals surface area (Å²) in [6.07, 6.45) is 2.16. The Labute approximate surface area is 167 Å². The van der Waals surface area contributed by atoms with Gasteiger partial charge in [-0.25, -0.2) is 0 Å². The molecule has 2 aromatic rings. The highest BCUT2D eigenvalue weighted by Gasteiger charge is 2.16. The molecule has 1 saturated heterocycles. The molecular formula is C19H19N3O5S. The van der Waals surface area contributed by atoms with Crippen LogP contribution in [-0.4, -0.2) is 35.3 Å². The lowest BCUT2D eigenvalue weighted by molar-refractivity contribution is -0.384. The maximum absolute atomic E-state index is 12.2. The van der Waals surface area contributed by atoms with E-state index in [9.17, 15) is 14.9 Å². The second kappa shape index (κ2) is 9.25. The van der Waals surface area contributed by atoms with Gasteiger partial charge >= 0.3 is 0 Å². The molecule has 1 aliphatic heterocycles. The van der Waals surface area contributed by atoms with Crippen molar-refractivity contribution in [3.63, 3.8) is 0 Å². The molecule has 1 aliphatic rings. The van der Waals surface area contributed by atoms with Gasteiger partial charge in [-0.3, -0.25) is 20.2 Å². The van der Waals surface area contributed by atoms with Gasteiger partial charge in [-0.05, 0) is 43.3 Å². The number of rotatable bonds is 6. The van der Waals surface area contributed by atoms with Crippen molar-refractivity contribution in [2.75, 3.05) is 18.5 Å². The number of anilines is 1. The van der Waals surface area contributed by atoms with Crippen molar-refractivity contribution in [2.24, 2.45) is 0 Å². The smallest absolute Gasteiger partial charge is 0.270 e. The van der Waals surface area contributed by atoms with Crippen molar-refractivity contribution < 1.29 is 19.2 Å². The molecule has 9 heteroatoms. The van der Waals surface area contributed by atoms with E-state index in [2.05, 4.69) is 10.6 Å². The maximum Gasteiger partial charge on any atom is 0.270 e. The van der Waals surface area contributed by atoms with Crippen LogP contribution in [0.5, 0.6) is 5.75 Å². The highest BCUT2D eigenvalue weighted by molar-refractivity contribution is 7.80. The van der Waals surface area contributed by atoms with Gasteiger partial charge in [0.1, 0.15) is 12.4 Å². The van der Waals surface area contributed by atoms with Gasteiger partial charge < -0.3 is 14.8 Å². The van der Waals surface area contributed by atoms with Crippen molar-refractivity contribution in [3.05, 3.63) is 64.2 Å². The summed E-state index contributed by atoms with van der Waals surface area (Å²) in [4.78, 5) is 22.5.